The lowest BCUT2D eigenvalue weighted by Crippen LogP contribution is -2.48. The topological polar surface area (TPSA) is 54.0 Å². The molecular weight excluding hydrogens is 484 g/mol. The van der Waals surface area contributed by atoms with Gasteiger partial charge in [0.2, 0.25) is 0 Å². The molecule has 0 spiro atoms. The van der Waals surface area contributed by atoms with E-state index < -0.39 is 0 Å². The van der Waals surface area contributed by atoms with E-state index in [1.807, 2.05) is 31.8 Å². The molecule has 0 unspecified atom stereocenters. The van der Waals surface area contributed by atoms with Gasteiger partial charge in [-0.1, -0.05) is 30.3 Å². The Morgan fingerprint density at radius 1 is 0.667 bits per heavy atom. The average molecular weight is 531 g/mol. The molecule has 0 amide bonds. The molecule has 2 aliphatic rings. The van der Waals surface area contributed by atoms with E-state index in [1.54, 1.807) is 0 Å². The first-order valence-corrected chi connectivity index (χ1v) is 14.3. The van der Waals surface area contributed by atoms with E-state index in [0.717, 1.165) is 85.1 Å². The molecule has 210 valence electrons. The molecule has 3 aromatic rings. The quantitative estimate of drug-likeness (QED) is 0.430. The highest BCUT2D eigenvalue weighted by molar-refractivity contribution is 5.45. The van der Waals surface area contributed by atoms with Crippen molar-refractivity contribution >= 4 is 11.4 Å². The van der Waals surface area contributed by atoms with E-state index in [-0.39, 0.29) is 0 Å². The third-order valence-corrected chi connectivity index (χ3v) is 7.57. The molecule has 2 aliphatic heterocycles. The van der Waals surface area contributed by atoms with Crippen molar-refractivity contribution in [3.05, 3.63) is 84.9 Å². The highest BCUT2D eigenvalue weighted by Gasteiger charge is 2.18. The standard InChI is InChI=1S/C19H26N4.C12H20N4/c1-21(17-18-5-3-2-4-6-18)11-12-22-13-15-23(16-14-22)19-7-9-20-10-8-19;1-13-6-7-15-8-10-16(11-9-15)12-2-4-14-5-3-12/h2-10H,11-17H2,1H3;2-5,13H,6-11H2,1H3. The molecule has 0 atom stereocenters. The lowest BCUT2D eigenvalue weighted by atomic mass is 10.2. The third-order valence-electron chi connectivity index (χ3n) is 7.57. The molecule has 39 heavy (non-hydrogen) atoms. The minimum Gasteiger partial charge on any atom is -0.369 e. The van der Waals surface area contributed by atoms with Gasteiger partial charge in [0.15, 0.2) is 0 Å². The van der Waals surface area contributed by atoms with Crippen LogP contribution in [0.25, 0.3) is 0 Å². The van der Waals surface area contributed by atoms with Crippen LogP contribution in [0, 0.1) is 0 Å². The first kappa shape index (κ1) is 29.0. The fourth-order valence-electron chi connectivity index (χ4n) is 5.13. The van der Waals surface area contributed by atoms with Crippen molar-refractivity contribution < 1.29 is 0 Å². The number of aromatic nitrogens is 2. The molecule has 1 N–H and O–H groups in total. The third kappa shape index (κ3) is 9.89. The van der Waals surface area contributed by atoms with Gasteiger partial charge in [0.05, 0.1) is 0 Å². The zero-order valence-electron chi connectivity index (χ0n) is 23.8. The summed E-state index contributed by atoms with van der Waals surface area (Å²) in [5, 5.41) is 3.19. The molecule has 0 saturated carbocycles. The SMILES string of the molecule is CN(CCN1CCN(c2ccncc2)CC1)Cc1ccccc1.CNCCN1CCN(c2ccncc2)CC1. The van der Waals surface area contributed by atoms with Crippen LogP contribution in [0.2, 0.25) is 0 Å². The molecule has 8 nitrogen and oxygen atoms in total. The summed E-state index contributed by atoms with van der Waals surface area (Å²) in [5.74, 6) is 0. The second-order valence-corrected chi connectivity index (χ2v) is 10.4. The van der Waals surface area contributed by atoms with Gasteiger partial charge in [0.1, 0.15) is 0 Å². The number of nitrogens with zero attached hydrogens (tertiary/aromatic N) is 7. The molecule has 2 aromatic heterocycles. The van der Waals surface area contributed by atoms with E-state index in [2.05, 4.69) is 101 Å². The summed E-state index contributed by atoms with van der Waals surface area (Å²) < 4.78 is 0. The van der Waals surface area contributed by atoms with Gasteiger partial charge < -0.3 is 20.0 Å². The Hall–Kier alpha value is -3.04. The molecule has 0 aliphatic carbocycles. The van der Waals surface area contributed by atoms with E-state index >= 15 is 0 Å². The summed E-state index contributed by atoms with van der Waals surface area (Å²) in [5.41, 5.74) is 3.97. The highest BCUT2D eigenvalue weighted by Crippen LogP contribution is 2.15. The van der Waals surface area contributed by atoms with Crippen LogP contribution in [0.15, 0.2) is 79.4 Å². The van der Waals surface area contributed by atoms with Crippen molar-refractivity contribution in [3.63, 3.8) is 0 Å². The predicted molar refractivity (Wildman–Crippen MR) is 162 cm³/mol. The Kier molecular flexibility index (Phi) is 12.0. The van der Waals surface area contributed by atoms with Crippen molar-refractivity contribution in [1.29, 1.82) is 0 Å². The fraction of sp³-hybridized carbons (Fsp3) is 0.484. The zero-order valence-corrected chi connectivity index (χ0v) is 23.8. The van der Waals surface area contributed by atoms with Crippen molar-refractivity contribution in [2.45, 2.75) is 6.54 Å². The predicted octanol–water partition coefficient (Wildman–Crippen LogP) is 2.76. The molecule has 0 radical (unpaired) electrons. The van der Waals surface area contributed by atoms with E-state index in [4.69, 9.17) is 0 Å². The summed E-state index contributed by atoms with van der Waals surface area (Å²) in [4.78, 5) is 20.5. The first-order valence-electron chi connectivity index (χ1n) is 14.3. The van der Waals surface area contributed by atoms with E-state index in [1.165, 1.54) is 16.9 Å². The van der Waals surface area contributed by atoms with Crippen LogP contribution in [0.1, 0.15) is 5.56 Å². The Labute approximate surface area is 235 Å². The van der Waals surface area contributed by atoms with Gasteiger partial charge in [-0.15, -0.1) is 0 Å². The van der Waals surface area contributed by atoms with Gasteiger partial charge in [-0.05, 0) is 43.9 Å². The van der Waals surface area contributed by atoms with E-state index in [0.29, 0.717) is 0 Å². The van der Waals surface area contributed by atoms with Crippen LogP contribution in [0.3, 0.4) is 0 Å². The summed E-state index contributed by atoms with van der Waals surface area (Å²) in [6.07, 6.45) is 7.48. The monoisotopic (exact) mass is 530 g/mol. The summed E-state index contributed by atoms with van der Waals surface area (Å²) in [7, 11) is 4.22. The molecule has 2 saturated heterocycles. The van der Waals surface area contributed by atoms with Crippen LogP contribution in [0.5, 0.6) is 0 Å². The minimum atomic E-state index is 1.03. The summed E-state index contributed by atoms with van der Waals surface area (Å²) >= 11 is 0. The number of pyridine rings is 2. The molecule has 4 heterocycles. The maximum Gasteiger partial charge on any atom is 0.0397 e. The molecule has 1 aromatic carbocycles. The van der Waals surface area contributed by atoms with Crippen LogP contribution in [0.4, 0.5) is 11.4 Å². The Bertz CT molecular complexity index is 1020. The number of benzene rings is 1. The molecular formula is C31H46N8. The number of rotatable bonds is 10. The number of hydrogen-bond acceptors (Lipinski definition) is 8. The number of piperazine rings is 2. The number of likely N-dealkylation sites (N-methyl/N-ethyl adjacent to an activating group) is 2. The van der Waals surface area contributed by atoms with Crippen LogP contribution >= 0.6 is 0 Å². The smallest absolute Gasteiger partial charge is 0.0397 e. The number of anilines is 2. The maximum atomic E-state index is 4.10. The van der Waals surface area contributed by atoms with Crippen molar-refractivity contribution in [2.75, 3.05) is 102 Å². The number of hydrogen-bond donors (Lipinski definition) is 1. The Balaban J connectivity index is 0.000000193. The average Bonchev–Trinajstić information content (AvgIpc) is 3.01. The van der Waals surface area contributed by atoms with Gasteiger partial charge >= 0.3 is 0 Å². The fourth-order valence-corrected chi connectivity index (χ4v) is 5.13. The van der Waals surface area contributed by atoms with Gasteiger partial charge in [0.25, 0.3) is 0 Å². The molecule has 8 heteroatoms. The van der Waals surface area contributed by atoms with Crippen LogP contribution in [-0.2, 0) is 6.54 Å². The molecule has 5 rings (SSSR count). The summed E-state index contributed by atoms with van der Waals surface area (Å²) in [6, 6.07) is 19.1. The van der Waals surface area contributed by atoms with Crippen molar-refractivity contribution in [1.82, 2.24) is 30.0 Å². The van der Waals surface area contributed by atoms with Crippen molar-refractivity contribution in [2.24, 2.45) is 0 Å². The normalized spacial score (nSPS) is 16.7. The van der Waals surface area contributed by atoms with Gasteiger partial charge in [-0.25, -0.2) is 0 Å². The van der Waals surface area contributed by atoms with Gasteiger partial charge in [-0.3, -0.25) is 19.8 Å². The second kappa shape index (κ2) is 16.2. The largest absolute Gasteiger partial charge is 0.369 e. The zero-order chi connectivity index (χ0) is 27.1. The van der Waals surface area contributed by atoms with Gasteiger partial charge in [-0.2, -0.15) is 0 Å². The van der Waals surface area contributed by atoms with E-state index in [9.17, 15) is 0 Å². The minimum absolute atomic E-state index is 1.03. The number of nitrogens with one attached hydrogen (secondary N) is 1. The van der Waals surface area contributed by atoms with Gasteiger partial charge in [0, 0.05) is 121 Å². The van der Waals surface area contributed by atoms with Crippen molar-refractivity contribution in [3.8, 4) is 0 Å². The molecule has 0 bridgehead atoms. The Morgan fingerprint density at radius 3 is 1.64 bits per heavy atom. The molecule has 2 fully saturated rings. The van der Waals surface area contributed by atoms with Crippen LogP contribution in [-0.4, -0.2) is 117 Å². The maximum absolute atomic E-state index is 4.10. The Morgan fingerprint density at radius 2 is 1.15 bits per heavy atom. The highest BCUT2D eigenvalue weighted by atomic mass is 15.3. The van der Waals surface area contributed by atoms with Crippen LogP contribution < -0.4 is 15.1 Å². The second-order valence-electron chi connectivity index (χ2n) is 10.4. The lowest BCUT2D eigenvalue weighted by molar-refractivity contribution is 0.212. The lowest BCUT2D eigenvalue weighted by Gasteiger charge is -2.36. The summed E-state index contributed by atoms with van der Waals surface area (Å²) in [6.45, 7) is 14.6. The first-order chi connectivity index (χ1) is 19.2.